The van der Waals surface area contributed by atoms with Gasteiger partial charge in [-0.15, -0.1) is 0 Å². The molecule has 4 aliphatic rings. The molecule has 2 fully saturated rings. The zero-order valence-corrected chi connectivity index (χ0v) is 34.0. The number of benzene rings is 2. The lowest BCUT2D eigenvalue weighted by molar-refractivity contribution is -0.143. The number of hydrogen-bond donors (Lipinski definition) is 4. The number of aromatic nitrogens is 4. The van der Waals surface area contributed by atoms with Gasteiger partial charge in [0.1, 0.15) is 0 Å². The van der Waals surface area contributed by atoms with Gasteiger partial charge in [-0.2, -0.15) is 0 Å². The van der Waals surface area contributed by atoms with E-state index in [4.69, 9.17) is 33.2 Å². The van der Waals surface area contributed by atoms with Gasteiger partial charge in [-0.1, -0.05) is 47.5 Å². The van der Waals surface area contributed by atoms with Crippen molar-refractivity contribution in [2.75, 3.05) is 30.3 Å². The van der Waals surface area contributed by atoms with Crippen molar-refractivity contribution in [3.05, 3.63) is 80.9 Å². The average molecular weight is 818 g/mol. The standard InChI is InChI=1S/C42H50Cl2N8O5/c1-49-34-17-19-51(21-24-9-11-25(12-10-24)42(56)57)22-32(34)45-38(49)40(54)47-30-7-3-5-28(36(30)43)29-6-4-8-31(37(29)44)48-41(55)39-46-33-23-52(20-18-35(33)50(39)2)26-13-15-27(53)16-14-26/h3-8,24-27,53H,9-23H2,1-2H3,(H,47,54)(H,48,55)(H,56,57)/t24-,25+,26?,27?. The van der Waals surface area contributed by atoms with Crippen molar-refractivity contribution in [3.8, 4) is 11.1 Å². The number of carbonyl (C=O) groups is 3. The van der Waals surface area contributed by atoms with Crippen LogP contribution in [-0.4, -0.2) is 88.7 Å². The molecule has 2 aliphatic carbocycles. The third-order valence-electron chi connectivity index (χ3n) is 12.7. The zero-order valence-electron chi connectivity index (χ0n) is 32.4. The zero-order chi connectivity index (χ0) is 40.0. The quantitative estimate of drug-likeness (QED) is 0.147. The van der Waals surface area contributed by atoms with Gasteiger partial charge >= 0.3 is 5.97 Å². The summed E-state index contributed by atoms with van der Waals surface area (Å²) in [6.07, 6.45) is 8.24. The molecule has 302 valence electrons. The van der Waals surface area contributed by atoms with Gasteiger partial charge in [0.25, 0.3) is 11.8 Å². The van der Waals surface area contributed by atoms with Crippen LogP contribution in [0.5, 0.6) is 0 Å². The molecule has 57 heavy (non-hydrogen) atoms. The van der Waals surface area contributed by atoms with Crippen LogP contribution in [0.1, 0.15) is 95.4 Å². The number of hydrogen-bond acceptors (Lipinski definition) is 8. The largest absolute Gasteiger partial charge is 0.481 e. The number of amides is 2. The molecule has 4 heterocycles. The molecule has 0 saturated heterocycles. The molecule has 4 N–H and O–H groups in total. The normalized spacial score (nSPS) is 22.8. The van der Waals surface area contributed by atoms with Gasteiger partial charge in [0.05, 0.1) is 44.8 Å². The first-order valence-electron chi connectivity index (χ1n) is 20.1. The average Bonchev–Trinajstić information content (AvgIpc) is 3.72. The highest BCUT2D eigenvalue weighted by atomic mass is 35.5. The van der Waals surface area contributed by atoms with E-state index in [-0.39, 0.29) is 23.8 Å². The van der Waals surface area contributed by atoms with Gasteiger partial charge in [-0.05, 0) is 69.4 Å². The summed E-state index contributed by atoms with van der Waals surface area (Å²) in [5.74, 6) is -0.582. The number of carbonyl (C=O) groups excluding carboxylic acids is 2. The van der Waals surface area contributed by atoms with Gasteiger partial charge < -0.3 is 30.0 Å². The highest BCUT2D eigenvalue weighted by Crippen LogP contribution is 2.41. The Bertz CT molecular complexity index is 2190. The fourth-order valence-corrected chi connectivity index (χ4v) is 9.96. The summed E-state index contributed by atoms with van der Waals surface area (Å²) < 4.78 is 3.73. The number of aliphatic hydroxyl groups is 1. The van der Waals surface area contributed by atoms with Gasteiger partial charge in [0.15, 0.2) is 11.6 Å². The van der Waals surface area contributed by atoms with Crippen LogP contribution in [0.15, 0.2) is 36.4 Å². The summed E-state index contributed by atoms with van der Waals surface area (Å²) in [4.78, 5) is 53.2. The molecule has 15 heteroatoms. The summed E-state index contributed by atoms with van der Waals surface area (Å²) in [5, 5.41) is 25.9. The van der Waals surface area contributed by atoms with Crippen molar-refractivity contribution < 1.29 is 24.6 Å². The SMILES string of the molecule is Cn1c(C(=O)Nc2cccc(-c3cccc(NC(=O)c4nc5c(n4C)CCN(C4CCC(O)CC4)C5)c3Cl)c2Cl)nc2c1CCN(C[C@H]1CC[C@@H](C(=O)O)CC1)C2. The number of nitrogens with zero attached hydrogens (tertiary/aromatic N) is 6. The molecule has 2 aromatic heterocycles. The highest BCUT2D eigenvalue weighted by Gasteiger charge is 2.33. The summed E-state index contributed by atoms with van der Waals surface area (Å²) in [7, 11) is 3.73. The number of nitrogens with one attached hydrogen (secondary N) is 2. The Labute approximate surface area is 342 Å². The second kappa shape index (κ2) is 16.5. The van der Waals surface area contributed by atoms with Crippen molar-refractivity contribution in [2.24, 2.45) is 25.9 Å². The van der Waals surface area contributed by atoms with E-state index in [9.17, 15) is 24.6 Å². The second-order valence-electron chi connectivity index (χ2n) is 16.2. The first-order valence-corrected chi connectivity index (χ1v) is 20.9. The number of aliphatic carboxylic acids is 1. The minimum atomic E-state index is -0.688. The molecule has 0 bridgehead atoms. The second-order valence-corrected chi connectivity index (χ2v) is 17.0. The summed E-state index contributed by atoms with van der Waals surface area (Å²) >= 11 is 14.0. The van der Waals surface area contributed by atoms with E-state index in [2.05, 4.69) is 20.4 Å². The van der Waals surface area contributed by atoms with E-state index in [1.54, 1.807) is 24.3 Å². The van der Waals surface area contributed by atoms with Crippen molar-refractivity contribution in [3.63, 3.8) is 0 Å². The third-order valence-corrected chi connectivity index (χ3v) is 13.5. The van der Waals surface area contributed by atoms with E-state index in [1.807, 2.05) is 35.4 Å². The maximum absolute atomic E-state index is 13.7. The molecular formula is C42H50Cl2N8O5. The van der Waals surface area contributed by atoms with E-state index in [0.29, 0.717) is 69.2 Å². The lowest BCUT2D eigenvalue weighted by Crippen LogP contribution is -2.42. The van der Waals surface area contributed by atoms with Crippen molar-refractivity contribution in [1.29, 1.82) is 0 Å². The minimum Gasteiger partial charge on any atom is -0.481 e. The maximum Gasteiger partial charge on any atom is 0.306 e. The topological polar surface area (TPSA) is 158 Å². The number of carboxylic acid groups (broad SMARTS) is 1. The van der Waals surface area contributed by atoms with Crippen molar-refractivity contribution in [1.82, 2.24) is 28.9 Å². The lowest BCUT2D eigenvalue weighted by Gasteiger charge is -2.37. The molecule has 2 saturated carbocycles. The molecule has 13 nitrogen and oxygen atoms in total. The Morgan fingerprint density at radius 1 is 0.737 bits per heavy atom. The molecule has 0 unspecified atom stereocenters. The van der Waals surface area contributed by atoms with Crippen LogP contribution in [0.4, 0.5) is 11.4 Å². The molecule has 0 atom stereocenters. The fraction of sp³-hybridized carbons (Fsp3) is 0.500. The monoisotopic (exact) mass is 816 g/mol. The first-order chi connectivity index (χ1) is 27.4. The highest BCUT2D eigenvalue weighted by molar-refractivity contribution is 6.40. The number of aliphatic hydroxyl groups excluding tert-OH is 1. The predicted molar refractivity (Wildman–Crippen MR) is 219 cm³/mol. The summed E-state index contributed by atoms with van der Waals surface area (Å²) in [5.41, 5.74) is 5.87. The Morgan fingerprint density at radius 3 is 1.81 bits per heavy atom. The lowest BCUT2D eigenvalue weighted by atomic mass is 9.81. The Kier molecular flexibility index (Phi) is 11.5. The predicted octanol–water partition coefficient (Wildman–Crippen LogP) is 6.54. The van der Waals surface area contributed by atoms with Gasteiger partial charge in [-0.25, -0.2) is 9.97 Å². The van der Waals surface area contributed by atoms with Crippen molar-refractivity contribution >= 4 is 52.4 Å². The molecule has 4 aromatic rings. The summed E-state index contributed by atoms with van der Waals surface area (Å²) in [6.45, 7) is 3.98. The van der Waals surface area contributed by atoms with E-state index < -0.39 is 5.97 Å². The van der Waals surface area contributed by atoms with Crippen molar-refractivity contribution in [2.45, 2.75) is 89.4 Å². The van der Waals surface area contributed by atoms with Crippen LogP contribution in [0.25, 0.3) is 11.1 Å². The number of fused-ring (bicyclic) bond motifs is 2. The smallest absolute Gasteiger partial charge is 0.306 e. The molecular weight excluding hydrogens is 767 g/mol. The number of rotatable bonds is 9. The molecule has 2 aromatic carbocycles. The molecule has 0 spiro atoms. The van der Waals surface area contributed by atoms with Crippen LogP contribution in [0.3, 0.4) is 0 Å². The Balaban J connectivity index is 0.933. The van der Waals surface area contributed by atoms with E-state index in [0.717, 1.165) is 107 Å². The van der Waals surface area contributed by atoms with Gasteiger partial charge in [0, 0.05) is 88.2 Å². The first kappa shape index (κ1) is 39.6. The molecule has 8 rings (SSSR count). The van der Waals surface area contributed by atoms with Crippen LogP contribution in [0, 0.1) is 11.8 Å². The maximum atomic E-state index is 13.7. The minimum absolute atomic E-state index is 0.203. The van der Waals surface area contributed by atoms with E-state index >= 15 is 0 Å². The number of halogens is 2. The van der Waals surface area contributed by atoms with Gasteiger partial charge in [-0.3, -0.25) is 24.2 Å². The van der Waals surface area contributed by atoms with E-state index in [1.165, 1.54) is 0 Å². The number of anilines is 2. The molecule has 2 amide bonds. The van der Waals surface area contributed by atoms with Crippen LogP contribution in [0.2, 0.25) is 10.0 Å². The molecule has 0 radical (unpaired) electrons. The third kappa shape index (κ3) is 8.09. The molecule has 2 aliphatic heterocycles. The Morgan fingerprint density at radius 2 is 1.26 bits per heavy atom. The summed E-state index contributed by atoms with van der Waals surface area (Å²) in [6, 6.07) is 11.1. The van der Waals surface area contributed by atoms with Crippen LogP contribution >= 0.6 is 23.2 Å². The fourth-order valence-electron chi connectivity index (χ4n) is 9.41. The number of imidazole rings is 2. The Hall–Kier alpha value is -4.27. The van der Waals surface area contributed by atoms with Crippen LogP contribution < -0.4 is 10.6 Å². The van der Waals surface area contributed by atoms with Gasteiger partial charge in [0.2, 0.25) is 0 Å². The number of carboxylic acids is 1. The van der Waals surface area contributed by atoms with Crippen LogP contribution in [-0.2, 0) is 44.8 Å².